The van der Waals surface area contributed by atoms with Crippen LogP contribution in [0.5, 0.6) is 0 Å². The number of hydrogen-bond donors (Lipinski definition) is 0. The van der Waals surface area contributed by atoms with Gasteiger partial charge in [-0.05, 0) is 38.6 Å². The number of hydrogen-bond acceptors (Lipinski definition) is 4. The molecule has 0 aromatic rings. The zero-order valence-electron chi connectivity index (χ0n) is 13.3. The molecule has 2 unspecified atom stereocenters. The smallest absolute Gasteiger partial charge is 0.196 e. The molecule has 2 heterocycles. The molecule has 122 valence electrons. The number of rotatable bonds is 1. The molecule has 0 N–H and O–H groups in total. The Labute approximate surface area is 144 Å². The predicted molar refractivity (Wildman–Crippen MR) is 88.6 cm³/mol. The number of nitrogens with zero attached hydrogens (tertiary/aromatic N) is 1. The minimum Gasteiger partial charge on any atom is -0.493 e. The normalized spacial score (nSPS) is 47.2. The Balaban J connectivity index is 1.76. The number of methoxy groups -OCH3 is 1. The fraction of sp³-hybridized carbons (Fsp3) is 0.611. The van der Waals surface area contributed by atoms with Crippen LogP contribution >= 0.6 is 15.9 Å². The van der Waals surface area contributed by atoms with Gasteiger partial charge in [-0.15, -0.1) is 0 Å². The number of carbonyl (C=O) groups is 1. The quantitative estimate of drug-likeness (QED) is 0.703. The van der Waals surface area contributed by atoms with Crippen molar-refractivity contribution < 1.29 is 14.3 Å². The fourth-order valence-corrected chi connectivity index (χ4v) is 6.52. The van der Waals surface area contributed by atoms with Crippen LogP contribution in [0, 0.1) is 23.2 Å². The largest absolute Gasteiger partial charge is 0.493 e. The van der Waals surface area contributed by atoms with E-state index in [0.29, 0.717) is 17.9 Å². The lowest BCUT2D eigenvalue weighted by Crippen LogP contribution is -2.64. The highest BCUT2D eigenvalue weighted by Crippen LogP contribution is 2.67. The average molecular weight is 378 g/mol. The molecule has 5 heteroatoms. The summed E-state index contributed by atoms with van der Waals surface area (Å²) in [5, 5.41) is 0. The zero-order valence-corrected chi connectivity index (χ0v) is 14.9. The standard InChI is InChI=1S/C18H20BrNO3/c1-20-6-5-18-10-3-4-13(21)17(18)23-16-14(22-2)8-11(19)9(15(16)18)7-12(10)20/h3-4,8-10,12,15,17H,5-7H2,1-2H3/t9?,10-,12+,15?,17-,18-/m0/s1. The lowest BCUT2D eigenvalue weighted by Gasteiger charge is -2.59. The molecule has 6 atom stereocenters. The Kier molecular flexibility index (Phi) is 2.80. The number of piperidine rings is 1. The second-order valence-corrected chi connectivity index (χ2v) is 8.39. The van der Waals surface area contributed by atoms with E-state index in [9.17, 15) is 4.79 Å². The molecule has 0 aromatic carbocycles. The molecule has 5 aliphatic rings. The van der Waals surface area contributed by atoms with Crippen LogP contribution < -0.4 is 0 Å². The van der Waals surface area contributed by atoms with Crippen LogP contribution in [0.25, 0.3) is 0 Å². The molecule has 0 aromatic heterocycles. The summed E-state index contributed by atoms with van der Waals surface area (Å²) in [5.74, 6) is 2.85. The maximum atomic E-state index is 12.6. The van der Waals surface area contributed by atoms with E-state index in [1.807, 2.05) is 6.08 Å². The number of halogens is 1. The third-order valence-corrected chi connectivity index (χ3v) is 7.62. The predicted octanol–water partition coefficient (Wildman–Crippen LogP) is 2.62. The van der Waals surface area contributed by atoms with Crippen LogP contribution in [0.4, 0.5) is 0 Å². The van der Waals surface area contributed by atoms with Crippen LogP contribution in [-0.2, 0) is 14.3 Å². The number of likely N-dealkylation sites (tertiary alicyclic amines) is 1. The highest BCUT2D eigenvalue weighted by Gasteiger charge is 2.70. The molecule has 3 aliphatic carbocycles. The van der Waals surface area contributed by atoms with Gasteiger partial charge in [-0.1, -0.05) is 22.0 Å². The van der Waals surface area contributed by atoms with E-state index in [1.54, 1.807) is 13.2 Å². The van der Waals surface area contributed by atoms with Gasteiger partial charge >= 0.3 is 0 Å². The van der Waals surface area contributed by atoms with Gasteiger partial charge in [0.1, 0.15) is 5.76 Å². The maximum absolute atomic E-state index is 12.6. The molecule has 23 heavy (non-hydrogen) atoms. The van der Waals surface area contributed by atoms with Crippen LogP contribution in [0.2, 0.25) is 0 Å². The molecule has 3 fully saturated rings. The molecular weight excluding hydrogens is 358 g/mol. The first kappa shape index (κ1) is 14.3. The summed E-state index contributed by atoms with van der Waals surface area (Å²) in [4.78, 5) is 15.1. The Morgan fingerprint density at radius 2 is 2.30 bits per heavy atom. The van der Waals surface area contributed by atoms with Crippen molar-refractivity contribution in [3.05, 3.63) is 34.2 Å². The fourth-order valence-electron chi connectivity index (χ4n) is 5.86. The maximum Gasteiger partial charge on any atom is 0.196 e. The summed E-state index contributed by atoms with van der Waals surface area (Å²) in [6.45, 7) is 1.03. The molecule has 0 radical (unpaired) electrons. The molecule has 4 nitrogen and oxygen atoms in total. The molecule has 2 aliphatic heterocycles. The minimum absolute atomic E-state index is 0.0989. The third-order valence-electron chi connectivity index (χ3n) is 6.80. The lowest BCUT2D eigenvalue weighted by atomic mass is 9.48. The highest BCUT2D eigenvalue weighted by molar-refractivity contribution is 9.11. The van der Waals surface area contributed by atoms with Crippen molar-refractivity contribution >= 4 is 21.7 Å². The van der Waals surface area contributed by atoms with Gasteiger partial charge in [0.2, 0.25) is 0 Å². The van der Waals surface area contributed by atoms with Gasteiger partial charge in [-0.2, -0.15) is 0 Å². The van der Waals surface area contributed by atoms with E-state index in [1.165, 1.54) is 4.48 Å². The Hall–Kier alpha value is -1.07. The average Bonchev–Trinajstić information content (AvgIpc) is 2.89. The van der Waals surface area contributed by atoms with Gasteiger partial charge in [0.05, 0.1) is 7.11 Å². The number of allylic oxidation sites excluding steroid dienone is 3. The molecule has 2 bridgehead atoms. The number of carbonyl (C=O) groups excluding carboxylic acids is 1. The Morgan fingerprint density at radius 1 is 1.48 bits per heavy atom. The molecule has 1 saturated carbocycles. The SMILES string of the molecule is COC1=C2O[C@H]3C(=O)C=C[C@H]4[C@H]5CC(C(Br)=C1)C2[C@@]34CCN5C. The van der Waals surface area contributed by atoms with E-state index in [2.05, 4.69) is 34.0 Å². The minimum atomic E-state index is -0.339. The molecule has 5 rings (SSSR count). The summed E-state index contributed by atoms with van der Waals surface area (Å²) in [6, 6.07) is 0.477. The van der Waals surface area contributed by atoms with Crippen LogP contribution in [0.15, 0.2) is 34.2 Å². The van der Waals surface area contributed by atoms with Gasteiger partial charge in [0.25, 0.3) is 0 Å². The van der Waals surface area contributed by atoms with Crippen LogP contribution in [0.3, 0.4) is 0 Å². The third kappa shape index (κ3) is 1.53. The van der Waals surface area contributed by atoms with Gasteiger partial charge in [0, 0.05) is 33.7 Å². The van der Waals surface area contributed by atoms with Gasteiger partial charge in [0.15, 0.2) is 17.6 Å². The molecule has 0 amide bonds. The number of ether oxygens (including phenoxy) is 2. The van der Waals surface area contributed by atoms with E-state index < -0.39 is 0 Å². The van der Waals surface area contributed by atoms with Crippen LogP contribution in [0.1, 0.15) is 12.8 Å². The second-order valence-electron chi connectivity index (χ2n) is 7.48. The van der Waals surface area contributed by atoms with Crippen molar-refractivity contribution in [2.45, 2.75) is 25.0 Å². The van der Waals surface area contributed by atoms with Crippen molar-refractivity contribution in [2.24, 2.45) is 23.2 Å². The van der Waals surface area contributed by atoms with Crippen LogP contribution in [-0.4, -0.2) is 43.5 Å². The molecular formula is C18H20BrNO3. The summed E-state index contributed by atoms with van der Waals surface area (Å²) in [7, 11) is 3.89. The van der Waals surface area contributed by atoms with Gasteiger partial charge in [-0.25, -0.2) is 0 Å². The first-order valence-electron chi connectivity index (χ1n) is 8.32. The van der Waals surface area contributed by atoms with Gasteiger partial charge < -0.3 is 14.4 Å². The van der Waals surface area contributed by atoms with E-state index in [0.717, 1.165) is 30.9 Å². The summed E-state index contributed by atoms with van der Waals surface area (Å²) < 4.78 is 13.1. The molecule has 2 saturated heterocycles. The van der Waals surface area contributed by atoms with Crippen molar-refractivity contribution in [3.63, 3.8) is 0 Å². The first-order chi connectivity index (χ1) is 11.1. The lowest BCUT2D eigenvalue weighted by molar-refractivity contribution is -0.140. The van der Waals surface area contributed by atoms with Crippen molar-refractivity contribution in [1.29, 1.82) is 0 Å². The topological polar surface area (TPSA) is 38.8 Å². The van der Waals surface area contributed by atoms with E-state index in [4.69, 9.17) is 9.47 Å². The summed E-state index contributed by atoms with van der Waals surface area (Å²) >= 11 is 3.78. The van der Waals surface area contributed by atoms with E-state index in [-0.39, 0.29) is 23.2 Å². The van der Waals surface area contributed by atoms with E-state index >= 15 is 0 Å². The number of ketones is 1. The van der Waals surface area contributed by atoms with Crippen molar-refractivity contribution in [2.75, 3.05) is 20.7 Å². The van der Waals surface area contributed by atoms with Gasteiger partial charge in [-0.3, -0.25) is 4.79 Å². The monoisotopic (exact) mass is 377 g/mol. The summed E-state index contributed by atoms with van der Waals surface area (Å²) in [5.41, 5.74) is -0.0989. The zero-order chi connectivity index (χ0) is 15.9. The molecule has 1 spiro atoms. The Morgan fingerprint density at radius 3 is 3.09 bits per heavy atom. The highest BCUT2D eigenvalue weighted by atomic mass is 79.9. The summed E-state index contributed by atoms with van der Waals surface area (Å²) in [6.07, 6.45) is 7.73. The Bertz CT molecular complexity index is 696. The first-order valence-corrected chi connectivity index (χ1v) is 9.11. The van der Waals surface area contributed by atoms with Crippen molar-refractivity contribution in [3.8, 4) is 0 Å². The van der Waals surface area contributed by atoms with Crippen molar-refractivity contribution in [1.82, 2.24) is 4.90 Å². The second kappa shape index (κ2) is 4.51.